The van der Waals surface area contributed by atoms with Gasteiger partial charge in [-0.3, -0.25) is 0 Å². The third-order valence-corrected chi connectivity index (χ3v) is 2.89. The van der Waals surface area contributed by atoms with Crippen LogP contribution in [0.5, 0.6) is 11.5 Å². The Morgan fingerprint density at radius 3 is 2.50 bits per heavy atom. The fraction of sp³-hybridized carbons (Fsp3) is 0.133. The normalized spacial score (nSPS) is 10.1. The Balaban J connectivity index is 2.04. The van der Waals surface area contributed by atoms with Crippen LogP contribution in [0.25, 0.3) is 0 Å². The van der Waals surface area contributed by atoms with Gasteiger partial charge in [-0.25, -0.2) is 4.79 Å². The Morgan fingerprint density at radius 1 is 1.15 bits per heavy atom. The van der Waals surface area contributed by atoms with Gasteiger partial charge in [0.15, 0.2) is 11.5 Å². The summed E-state index contributed by atoms with van der Waals surface area (Å²) in [5, 5.41) is 22.2. The summed E-state index contributed by atoms with van der Waals surface area (Å²) in [6, 6.07) is 11.6. The number of carbonyl (C=O) groups excluding carboxylic acids is 1. The van der Waals surface area contributed by atoms with E-state index in [1.807, 2.05) is 0 Å². The molecular weight excluding hydrogens is 258 g/mol. The number of benzene rings is 2. The van der Waals surface area contributed by atoms with Crippen molar-refractivity contribution in [2.75, 3.05) is 12.4 Å². The molecule has 0 atom stereocenters. The molecule has 0 aliphatic carbocycles. The number of aromatic hydroxyl groups is 2. The van der Waals surface area contributed by atoms with Gasteiger partial charge in [-0.05, 0) is 30.3 Å². The average molecular weight is 273 g/mol. The van der Waals surface area contributed by atoms with Crippen LogP contribution in [0.2, 0.25) is 0 Å². The van der Waals surface area contributed by atoms with Gasteiger partial charge >= 0.3 is 5.97 Å². The molecule has 5 heteroatoms. The van der Waals surface area contributed by atoms with E-state index in [9.17, 15) is 15.0 Å². The first-order valence-corrected chi connectivity index (χ1v) is 6.04. The molecule has 0 unspecified atom stereocenters. The second-order valence-electron chi connectivity index (χ2n) is 4.21. The van der Waals surface area contributed by atoms with Crippen LogP contribution in [-0.4, -0.2) is 23.3 Å². The lowest BCUT2D eigenvalue weighted by atomic mass is 10.1. The maximum absolute atomic E-state index is 11.3. The molecule has 0 amide bonds. The highest BCUT2D eigenvalue weighted by Crippen LogP contribution is 2.28. The molecule has 0 bridgehead atoms. The van der Waals surface area contributed by atoms with Crippen molar-refractivity contribution in [3.63, 3.8) is 0 Å². The Hall–Kier alpha value is -2.69. The Bertz CT molecular complexity index is 608. The van der Waals surface area contributed by atoms with Crippen molar-refractivity contribution in [2.24, 2.45) is 0 Å². The van der Waals surface area contributed by atoms with Gasteiger partial charge in [-0.2, -0.15) is 0 Å². The van der Waals surface area contributed by atoms with Crippen molar-refractivity contribution in [1.29, 1.82) is 0 Å². The van der Waals surface area contributed by atoms with Gasteiger partial charge in [0.05, 0.1) is 12.7 Å². The van der Waals surface area contributed by atoms with Crippen LogP contribution < -0.4 is 5.32 Å². The number of hydrogen-bond donors (Lipinski definition) is 3. The maximum atomic E-state index is 11.3. The first kappa shape index (κ1) is 13.7. The Kier molecular flexibility index (Phi) is 4.10. The molecule has 0 radical (unpaired) electrons. The van der Waals surface area contributed by atoms with Crippen molar-refractivity contribution >= 4 is 11.7 Å². The summed E-state index contributed by atoms with van der Waals surface area (Å²) in [6.45, 7) is 0.359. The highest BCUT2D eigenvalue weighted by atomic mass is 16.5. The lowest BCUT2D eigenvalue weighted by Gasteiger charge is -2.09. The summed E-state index contributed by atoms with van der Waals surface area (Å²) in [5.41, 5.74) is 1.85. The fourth-order valence-corrected chi connectivity index (χ4v) is 1.76. The topological polar surface area (TPSA) is 78.8 Å². The van der Waals surface area contributed by atoms with E-state index < -0.39 is 0 Å². The van der Waals surface area contributed by atoms with Gasteiger partial charge in [0, 0.05) is 17.8 Å². The first-order chi connectivity index (χ1) is 9.61. The predicted molar refractivity (Wildman–Crippen MR) is 74.9 cm³/mol. The summed E-state index contributed by atoms with van der Waals surface area (Å²) < 4.78 is 4.61. The Morgan fingerprint density at radius 2 is 1.85 bits per heavy atom. The molecule has 2 aromatic rings. The van der Waals surface area contributed by atoms with E-state index in [2.05, 4.69) is 10.1 Å². The quantitative estimate of drug-likeness (QED) is 0.589. The summed E-state index contributed by atoms with van der Waals surface area (Å²) in [7, 11) is 1.33. The second kappa shape index (κ2) is 5.97. The van der Waals surface area contributed by atoms with Crippen molar-refractivity contribution in [3.05, 3.63) is 53.6 Å². The van der Waals surface area contributed by atoms with Gasteiger partial charge in [-0.1, -0.05) is 12.1 Å². The molecule has 0 fully saturated rings. The number of nitrogens with one attached hydrogen (secondary N) is 1. The smallest absolute Gasteiger partial charge is 0.337 e. The van der Waals surface area contributed by atoms with Crippen LogP contribution in [0.3, 0.4) is 0 Å². The zero-order valence-electron chi connectivity index (χ0n) is 11.0. The van der Waals surface area contributed by atoms with E-state index in [1.54, 1.807) is 36.4 Å². The molecule has 0 spiro atoms. The molecule has 0 heterocycles. The number of anilines is 1. The molecule has 2 rings (SSSR count). The number of phenols is 2. The minimum atomic E-state index is -0.387. The molecule has 0 aliphatic rings. The molecule has 104 valence electrons. The van der Waals surface area contributed by atoms with Crippen LogP contribution in [0, 0.1) is 0 Å². The largest absolute Gasteiger partial charge is 0.504 e. The van der Waals surface area contributed by atoms with E-state index in [0.29, 0.717) is 17.7 Å². The van der Waals surface area contributed by atoms with Gasteiger partial charge in [0.25, 0.3) is 0 Å². The average Bonchev–Trinajstić information content (AvgIpc) is 2.48. The monoisotopic (exact) mass is 273 g/mol. The predicted octanol–water partition coefficient (Wildman–Crippen LogP) is 2.50. The summed E-state index contributed by atoms with van der Waals surface area (Å²) in [5.74, 6) is -0.668. The molecule has 2 aromatic carbocycles. The van der Waals surface area contributed by atoms with Crippen LogP contribution in [-0.2, 0) is 11.3 Å². The molecule has 0 saturated carbocycles. The number of phenolic OH excluding ortho intramolecular Hbond substituents is 2. The number of methoxy groups -OCH3 is 1. The van der Waals surface area contributed by atoms with E-state index >= 15 is 0 Å². The van der Waals surface area contributed by atoms with Gasteiger partial charge in [-0.15, -0.1) is 0 Å². The van der Waals surface area contributed by atoms with Crippen LogP contribution in [0.15, 0.2) is 42.5 Å². The molecule has 0 aromatic heterocycles. The van der Waals surface area contributed by atoms with Crippen molar-refractivity contribution in [1.82, 2.24) is 0 Å². The van der Waals surface area contributed by atoms with Gasteiger partial charge in [0.1, 0.15) is 0 Å². The molecule has 0 aliphatic heterocycles. The van der Waals surface area contributed by atoms with Crippen molar-refractivity contribution < 1.29 is 19.7 Å². The van der Waals surface area contributed by atoms with Crippen LogP contribution in [0.4, 0.5) is 5.69 Å². The van der Waals surface area contributed by atoms with Crippen LogP contribution in [0.1, 0.15) is 15.9 Å². The van der Waals surface area contributed by atoms with Crippen LogP contribution >= 0.6 is 0 Å². The lowest BCUT2D eigenvalue weighted by Crippen LogP contribution is -2.02. The minimum absolute atomic E-state index is 0.133. The fourth-order valence-electron chi connectivity index (χ4n) is 1.76. The number of esters is 1. The highest BCUT2D eigenvalue weighted by molar-refractivity contribution is 5.89. The zero-order valence-corrected chi connectivity index (χ0v) is 11.0. The second-order valence-corrected chi connectivity index (χ2v) is 4.21. The Labute approximate surface area is 116 Å². The van der Waals surface area contributed by atoms with E-state index in [0.717, 1.165) is 5.69 Å². The highest BCUT2D eigenvalue weighted by Gasteiger charge is 2.06. The number of ether oxygens (including phenoxy) is 1. The number of para-hydroxylation sites is 1. The summed E-state index contributed by atoms with van der Waals surface area (Å²) in [4.78, 5) is 11.3. The first-order valence-electron chi connectivity index (χ1n) is 6.04. The summed E-state index contributed by atoms with van der Waals surface area (Å²) in [6.07, 6.45) is 0. The van der Waals surface area contributed by atoms with E-state index in [4.69, 9.17) is 0 Å². The standard InChI is InChI=1S/C15H15NO4/c1-20-15(19)10-5-7-12(8-6-10)16-9-11-3-2-4-13(17)14(11)18/h2-8,16-18H,9H2,1H3. The number of carbonyl (C=O) groups is 1. The van der Waals surface area contributed by atoms with E-state index in [-0.39, 0.29) is 17.5 Å². The maximum Gasteiger partial charge on any atom is 0.337 e. The number of rotatable bonds is 4. The molecule has 5 nitrogen and oxygen atoms in total. The van der Waals surface area contributed by atoms with Crippen molar-refractivity contribution in [3.8, 4) is 11.5 Å². The van der Waals surface area contributed by atoms with Gasteiger partial charge in [0.2, 0.25) is 0 Å². The molecule has 3 N–H and O–H groups in total. The van der Waals surface area contributed by atoms with Crippen molar-refractivity contribution in [2.45, 2.75) is 6.54 Å². The molecule has 0 saturated heterocycles. The SMILES string of the molecule is COC(=O)c1ccc(NCc2cccc(O)c2O)cc1. The molecule has 20 heavy (non-hydrogen) atoms. The zero-order chi connectivity index (χ0) is 14.5. The molecular formula is C15H15NO4. The van der Waals surface area contributed by atoms with Gasteiger partial charge < -0.3 is 20.3 Å². The lowest BCUT2D eigenvalue weighted by molar-refractivity contribution is 0.0601. The third kappa shape index (κ3) is 3.00. The van der Waals surface area contributed by atoms with E-state index in [1.165, 1.54) is 13.2 Å². The third-order valence-electron chi connectivity index (χ3n) is 2.89. The minimum Gasteiger partial charge on any atom is -0.504 e. The summed E-state index contributed by atoms with van der Waals surface area (Å²) >= 11 is 0. The number of hydrogen-bond acceptors (Lipinski definition) is 5.